The first-order valence-corrected chi connectivity index (χ1v) is 8.49. The Hall–Kier alpha value is -2.64. The number of rotatable bonds is 4. The molecule has 25 heavy (non-hydrogen) atoms. The Morgan fingerprint density at radius 2 is 2.24 bits per heavy atom. The van der Waals surface area contributed by atoms with Gasteiger partial charge in [0, 0.05) is 50.6 Å². The summed E-state index contributed by atoms with van der Waals surface area (Å²) in [6.45, 7) is 5.26. The van der Waals surface area contributed by atoms with E-state index < -0.39 is 0 Å². The highest BCUT2D eigenvalue weighted by molar-refractivity contribution is 5.92. The van der Waals surface area contributed by atoms with E-state index in [1.807, 2.05) is 18.7 Å². The fourth-order valence-corrected chi connectivity index (χ4v) is 2.92. The minimum atomic E-state index is -0.253. The fraction of sp³-hybridized carbons (Fsp3) is 0.529. The second-order valence-corrected chi connectivity index (χ2v) is 6.69. The maximum Gasteiger partial charge on any atom is 0.293 e. The SMILES string of the molecule is CC(C)c1cc(C(=O)NC2CCCN(c3nccn(C)c3=O)C2)no1. The standard InChI is InChI=1S/C17H23N5O3/c1-11(2)14-9-13(20-25-14)16(23)19-12-5-4-7-22(10-12)15-17(24)21(3)8-6-18-15/h6,8-9,11-12H,4-5,7,10H2,1-3H3,(H,19,23). The number of hydrogen-bond donors (Lipinski definition) is 1. The van der Waals surface area contributed by atoms with E-state index in [1.54, 1.807) is 25.5 Å². The quantitative estimate of drug-likeness (QED) is 0.897. The van der Waals surface area contributed by atoms with E-state index >= 15 is 0 Å². The highest BCUT2D eigenvalue weighted by Crippen LogP contribution is 2.17. The molecule has 8 heteroatoms. The van der Waals surface area contributed by atoms with Crippen LogP contribution in [-0.2, 0) is 7.05 Å². The highest BCUT2D eigenvalue weighted by Gasteiger charge is 2.25. The summed E-state index contributed by atoms with van der Waals surface area (Å²) in [6, 6.07) is 1.61. The van der Waals surface area contributed by atoms with Crippen LogP contribution in [0, 0.1) is 0 Å². The van der Waals surface area contributed by atoms with Gasteiger partial charge in [-0.3, -0.25) is 9.59 Å². The van der Waals surface area contributed by atoms with Gasteiger partial charge in [0.15, 0.2) is 11.5 Å². The summed E-state index contributed by atoms with van der Waals surface area (Å²) >= 11 is 0. The van der Waals surface area contributed by atoms with E-state index in [0.29, 0.717) is 18.1 Å². The molecule has 2 aromatic heterocycles. The lowest BCUT2D eigenvalue weighted by Crippen LogP contribution is -2.49. The van der Waals surface area contributed by atoms with E-state index in [1.165, 1.54) is 4.57 Å². The predicted octanol–water partition coefficient (Wildman–Crippen LogP) is 1.29. The van der Waals surface area contributed by atoms with Crippen LogP contribution >= 0.6 is 0 Å². The fourth-order valence-electron chi connectivity index (χ4n) is 2.92. The molecule has 134 valence electrons. The largest absolute Gasteiger partial charge is 0.360 e. The zero-order valence-corrected chi connectivity index (χ0v) is 14.7. The lowest BCUT2D eigenvalue weighted by Gasteiger charge is -2.33. The molecule has 0 spiro atoms. The van der Waals surface area contributed by atoms with Gasteiger partial charge < -0.3 is 19.3 Å². The van der Waals surface area contributed by atoms with Gasteiger partial charge in [0.2, 0.25) is 0 Å². The van der Waals surface area contributed by atoms with Gasteiger partial charge in [-0.25, -0.2) is 4.98 Å². The van der Waals surface area contributed by atoms with Crippen molar-refractivity contribution in [1.82, 2.24) is 20.0 Å². The summed E-state index contributed by atoms with van der Waals surface area (Å²) in [5.74, 6) is 1.04. The summed E-state index contributed by atoms with van der Waals surface area (Å²) in [5.41, 5.74) is 0.155. The number of nitrogens with one attached hydrogen (secondary N) is 1. The van der Waals surface area contributed by atoms with Crippen molar-refractivity contribution in [2.24, 2.45) is 7.05 Å². The van der Waals surface area contributed by atoms with Crippen molar-refractivity contribution in [2.45, 2.75) is 38.6 Å². The molecule has 1 amide bonds. The van der Waals surface area contributed by atoms with Gasteiger partial charge in [-0.05, 0) is 12.8 Å². The third-order valence-electron chi connectivity index (χ3n) is 4.38. The maximum atomic E-state index is 12.4. The van der Waals surface area contributed by atoms with Crippen molar-refractivity contribution in [3.05, 3.63) is 40.3 Å². The molecule has 1 atom stereocenters. The van der Waals surface area contributed by atoms with Gasteiger partial charge in [0.05, 0.1) is 0 Å². The molecule has 0 saturated carbocycles. The predicted molar refractivity (Wildman–Crippen MR) is 92.8 cm³/mol. The lowest BCUT2D eigenvalue weighted by molar-refractivity contribution is 0.0923. The monoisotopic (exact) mass is 345 g/mol. The van der Waals surface area contributed by atoms with Gasteiger partial charge in [-0.2, -0.15) is 0 Å². The molecule has 1 aliphatic heterocycles. The Balaban J connectivity index is 1.68. The van der Waals surface area contributed by atoms with Gasteiger partial charge >= 0.3 is 0 Å². The van der Waals surface area contributed by atoms with E-state index in [9.17, 15) is 9.59 Å². The Kier molecular flexibility index (Phi) is 4.87. The van der Waals surface area contributed by atoms with Crippen LogP contribution in [0.1, 0.15) is 48.9 Å². The number of nitrogens with zero attached hydrogens (tertiary/aromatic N) is 4. The van der Waals surface area contributed by atoms with E-state index in [-0.39, 0.29) is 29.1 Å². The second-order valence-electron chi connectivity index (χ2n) is 6.69. The number of aryl methyl sites for hydroxylation is 1. The van der Waals surface area contributed by atoms with E-state index in [0.717, 1.165) is 19.4 Å². The summed E-state index contributed by atoms with van der Waals surface area (Å²) < 4.78 is 6.69. The Morgan fingerprint density at radius 3 is 2.96 bits per heavy atom. The molecule has 1 aliphatic rings. The van der Waals surface area contributed by atoms with Crippen LogP contribution in [0.25, 0.3) is 0 Å². The number of anilines is 1. The number of hydrogen-bond acceptors (Lipinski definition) is 6. The van der Waals surface area contributed by atoms with Crippen LogP contribution in [0.2, 0.25) is 0 Å². The summed E-state index contributed by atoms with van der Waals surface area (Å²) in [4.78, 5) is 30.8. The van der Waals surface area contributed by atoms with Crippen molar-refractivity contribution in [1.29, 1.82) is 0 Å². The lowest BCUT2D eigenvalue weighted by atomic mass is 10.1. The Bertz CT molecular complexity index is 811. The number of carbonyl (C=O) groups excluding carboxylic acids is 1. The summed E-state index contributed by atoms with van der Waals surface area (Å²) in [6.07, 6.45) is 4.97. The van der Waals surface area contributed by atoms with Crippen molar-refractivity contribution < 1.29 is 9.32 Å². The minimum Gasteiger partial charge on any atom is -0.360 e. The van der Waals surface area contributed by atoms with Crippen LogP contribution in [0.4, 0.5) is 5.82 Å². The summed E-state index contributed by atoms with van der Waals surface area (Å²) in [5, 5.41) is 6.82. The van der Waals surface area contributed by atoms with Crippen LogP contribution in [0.3, 0.4) is 0 Å². The van der Waals surface area contributed by atoms with Crippen molar-refractivity contribution in [3.8, 4) is 0 Å². The molecule has 2 aromatic rings. The number of amides is 1. The van der Waals surface area contributed by atoms with Crippen molar-refractivity contribution in [3.63, 3.8) is 0 Å². The molecule has 1 fully saturated rings. The molecule has 0 aliphatic carbocycles. The molecule has 1 saturated heterocycles. The topological polar surface area (TPSA) is 93.3 Å². The number of aromatic nitrogens is 3. The van der Waals surface area contributed by atoms with Crippen LogP contribution in [0.15, 0.2) is 27.8 Å². The summed E-state index contributed by atoms with van der Waals surface area (Å²) in [7, 11) is 1.70. The minimum absolute atomic E-state index is 0.0628. The zero-order valence-electron chi connectivity index (χ0n) is 14.7. The zero-order chi connectivity index (χ0) is 18.0. The number of piperidine rings is 1. The highest BCUT2D eigenvalue weighted by atomic mass is 16.5. The van der Waals surface area contributed by atoms with Crippen molar-refractivity contribution >= 4 is 11.7 Å². The van der Waals surface area contributed by atoms with Gasteiger partial charge in [0.1, 0.15) is 5.76 Å². The Morgan fingerprint density at radius 1 is 1.44 bits per heavy atom. The first-order valence-electron chi connectivity index (χ1n) is 8.49. The molecule has 8 nitrogen and oxygen atoms in total. The molecule has 0 bridgehead atoms. The first kappa shape index (κ1) is 17.2. The molecular formula is C17H23N5O3. The molecule has 1 unspecified atom stereocenters. The molecule has 0 radical (unpaired) electrons. The van der Waals surface area contributed by atoms with E-state index in [2.05, 4.69) is 15.5 Å². The average Bonchev–Trinajstić information content (AvgIpc) is 3.08. The van der Waals surface area contributed by atoms with Crippen LogP contribution in [-0.4, -0.2) is 39.7 Å². The third kappa shape index (κ3) is 3.72. The van der Waals surface area contributed by atoms with Gasteiger partial charge in [-0.15, -0.1) is 0 Å². The first-order chi connectivity index (χ1) is 12.0. The van der Waals surface area contributed by atoms with Crippen LogP contribution in [0.5, 0.6) is 0 Å². The second kappa shape index (κ2) is 7.08. The smallest absolute Gasteiger partial charge is 0.293 e. The van der Waals surface area contributed by atoms with Gasteiger partial charge in [-0.1, -0.05) is 19.0 Å². The van der Waals surface area contributed by atoms with E-state index in [4.69, 9.17) is 4.52 Å². The average molecular weight is 345 g/mol. The van der Waals surface area contributed by atoms with Crippen molar-refractivity contribution in [2.75, 3.05) is 18.0 Å². The molecule has 3 heterocycles. The number of carbonyl (C=O) groups is 1. The molecule has 3 rings (SSSR count). The Labute approximate surface area is 145 Å². The van der Waals surface area contributed by atoms with Crippen LogP contribution < -0.4 is 15.8 Å². The normalized spacial score (nSPS) is 17.8. The molecule has 1 N–H and O–H groups in total. The molecule has 0 aromatic carbocycles. The third-order valence-corrected chi connectivity index (χ3v) is 4.38. The maximum absolute atomic E-state index is 12.4. The molecular weight excluding hydrogens is 322 g/mol. The van der Waals surface area contributed by atoms with Gasteiger partial charge in [0.25, 0.3) is 11.5 Å².